The van der Waals surface area contributed by atoms with E-state index in [1.165, 1.54) is 0 Å². The van der Waals surface area contributed by atoms with Gasteiger partial charge in [0.1, 0.15) is 0 Å². The van der Waals surface area contributed by atoms with Gasteiger partial charge in [0.25, 0.3) is 0 Å². The molecule has 0 saturated heterocycles. The molecule has 1 amide bonds. The number of amides is 1. The van der Waals surface area contributed by atoms with E-state index in [4.69, 9.17) is 0 Å². The minimum Gasteiger partial charge on any atom is -0.352 e. The Kier molecular flexibility index (Phi) is 5.43. The molecular weight excluding hydrogens is 150 g/mol. The van der Waals surface area contributed by atoms with E-state index in [0.717, 1.165) is 18.5 Å². The van der Waals surface area contributed by atoms with E-state index in [2.05, 4.69) is 5.32 Å². The lowest BCUT2D eigenvalue weighted by Gasteiger charge is -2.10. The van der Waals surface area contributed by atoms with Crippen molar-refractivity contribution in [2.45, 2.75) is 34.1 Å². The maximum Gasteiger partial charge on any atom is 0.247 e. The van der Waals surface area contributed by atoms with Crippen molar-refractivity contribution in [3.63, 3.8) is 0 Å². The van der Waals surface area contributed by atoms with Crippen LogP contribution in [-0.4, -0.2) is 12.5 Å². The van der Waals surface area contributed by atoms with Crippen molar-refractivity contribution in [3.8, 4) is 0 Å². The van der Waals surface area contributed by atoms with Crippen LogP contribution in [0.1, 0.15) is 34.1 Å². The fourth-order valence-electron chi connectivity index (χ4n) is 1.07. The largest absolute Gasteiger partial charge is 0.352 e. The number of nitrogens with one attached hydrogen (secondary N) is 1. The molecule has 70 valence electrons. The molecule has 0 saturated carbocycles. The minimum atomic E-state index is 0.0781. The van der Waals surface area contributed by atoms with E-state index in [-0.39, 0.29) is 5.91 Å². The molecule has 0 atom stereocenters. The van der Waals surface area contributed by atoms with Crippen LogP contribution in [0.4, 0.5) is 0 Å². The SMILES string of the molecule is C/C=C(/C(=O)NCCC)C(C)C. The number of hydrogen-bond acceptors (Lipinski definition) is 1. The molecule has 12 heavy (non-hydrogen) atoms. The number of hydrogen-bond donors (Lipinski definition) is 1. The predicted molar refractivity (Wildman–Crippen MR) is 51.9 cm³/mol. The van der Waals surface area contributed by atoms with Crippen LogP contribution >= 0.6 is 0 Å². The van der Waals surface area contributed by atoms with Gasteiger partial charge in [-0.25, -0.2) is 0 Å². The second-order valence-corrected chi connectivity index (χ2v) is 3.15. The van der Waals surface area contributed by atoms with Crippen LogP contribution in [0.2, 0.25) is 0 Å². The van der Waals surface area contributed by atoms with Crippen LogP contribution in [0.25, 0.3) is 0 Å². The Balaban J connectivity index is 4.06. The summed E-state index contributed by atoms with van der Waals surface area (Å²) < 4.78 is 0. The first-order valence-corrected chi connectivity index (χ1v) is 4.57. The Labute approximate surface area is 75.0 Å². The third-order valence-electron chi connectivity index (χ3n) is 1.73. The van der Waals surface area contributed by atoms with Crippen LogP contribution in [0, 0.1) is 5.92 Å². The van der Waals surface area contributed by atoms with E-state index in [1.54, 1.807) is 0 Å². The fourth-order valence-corrected chi connectivity index (χ4v) is 1.07. The van der Waals surface area contributed by atoms with E-state index < -0.39 is 0 Å². The first kappa shape index (κ1) is 11.2. The summed E-state index contributed by atoms with van der Waals surface area (Å²) in [7, 11) is 0. The molecule has 0 radical (unpaired) electrons. The van der Waals surface area contributed by atoms with Crippen molar-refractivity contribution < 1.29 is 4.79 Å². The number of carbonyl (C=O) groups is 1. The van der Waals surface area contributed by atoms with Crippen molar-refractivity contribution in [2.24, 2.45) is 5.92 Å². The molecule has 0 aliphatic carbocycles. The fraction of sp³-hybridized carbons (Fsp3) is 0.700. The molecule has 2 nitrogen and oxygen atoms in total. The predicted octanol–water partition coefficient (Wildman–Crippen LogP) is 2.11. The van der Waals surface area contributed by atoms with Crippen LogP contribution in [0.3, 0.4) is 0 Å². The van der Waals surface area contributed by atoms with Gasteiger partial charge in [-0.15, -0.1) is 0 Å². The van der Waals surface area contributed by atoms with E-state index in [9.17, 15) is 4.79 Å². The molecule has 2 heteroatoms. The zero-order valence-electron chi connectivity index (χ0n) is 8.48. The van der Waals surface area contributed by atoms with Crippen molar-refractivity contribution in [3.05, 3.63) is 11.6 Å². The van der Waals surface area contributed by atoms with E-state index in [1.807, 2.05) is 33.8 Å². The highest BCUT2D eigenvalue weighted by molar-refractivity contribution is 5.93. The van der Waals surface area contributed by atoms with Gasteiger partial charge in [0.05, 0.1) is 0 Å². The summed E-state index contributed by atoms with van der Waals surface area (Å²) in [6.45, 7) is 8.77. The summed E-state index contributed by atoms with van der Waals surface area (Å²) in [5.41, 5.74) is 0.878. The highest BCUT2D eigenvalue weighted by Gasteiger charge is 2.10. The van der Waals surface area contributed by atoms with Crippen molar-refractivity contribution in [1.29, 1.82) is 0 Å². The van der Waals surface area contributed by atoms with Gasteiger partial charge >= 0.3 is 0 Å². The highest BCUT2D eigenvalue weighted by atomic mass is 16.1. The molecule has 0 unspecified atom stereocenters. The zero-order chi connectivity index (χ0) is 9.56. The summed E-state index contributed by atoms with van der Waals surface area (Å²) in [5, 5.41) is 2.86. The van der Waals surface area contributed by atoms with Crippen molar-refractivity contribution >= 4 is 5.91 Å². The molecule has 0 rings (SSSR count). The lowest BCUT2D eigenvalue weighted by Crippen LogP contribution is -2.27. The van der Waals surface area contributed by atoms with Crippen molar-refractivity contribution in [1.82, 2.24) is 5.32 Å². The average Bonchev–Trinajstić information content (AvgIpc) is 2.01. The van der Waals surface area contributed by atoms with Gasteiger partial charge in [0.15, 0.2) is 0 Å². The molecule has 0 aromatic heterocycles. The quantitative estimate of drug-likeness (QED) is 0.642. The van der Waals surface area contributed by atoms with Gasteiger partial charge in [0.2, 0.25) is 5.91 Å². The van der Waals surface area contributed by atoms with Crippen molar-refractivity contribution in [2.75, 3.05) is 6.54 Å². The Morgan fingerprint density at radius 1 is 1.50 bits per heavy atom. The second-order valence-electron chi connectivity index (χ2n) is 3.15. The Bertz CT molecular complexity index is 171. The lowest BCUT2D eigenvalue weighted by molar-refractivity contribution is -0.117. The molecule has 0 aromatic rings. The number of carbonyl (C=O) groups excluding carboxylic acids is 1. The lowest BCUT2D eigenvalue weighted by atomic mass is 10.0. The summed E-state index contributed by atoms with van der Waals surface area (Å²) in [5.74, 6) is 0.390. The summed E-state index contributed by atoms with van der Waals surface area (Å²) >= 11 is 0. The van der Waals surface area contributed by atoms with Gasteiger partial charge in [-0.05, 0) is 19.3 Å². The van der Waals surface area contributed by atoms with E-state index >= 15 is 0 Å². The molecule has 0 bridgehead atoms. The Morgan fingerprint density at radius 3 is 2.42 bits per heavy atom. The first-order valence-electron chi connectivity index (χ1n) is 4.57. The maximum absolute atomic E-state index is 11.4. The number of allylic oxidation sites excluding steroid dienone is 1. The summed E-state index contributed by atoms with van der Waals surface area (Å²) in [6.07, 6.45) is 2.87. The maximum atomic E-state index is 11.4. The molecule has 0 spiro atoms. The van der Waals surface area contributed by atoms with Crippen LogP contribution in [0.5, 0.6) is 0 Å². The van der Waals surface area contributed by atoms with Gasteiger partial charge < -0.3 is 5.32 Å². The number of rotatable bonds is 4. The average molecular weight is 169 g/mol. The molecule has 1 N–H and O–H groups in total. The molecule has 0 aromatic carbocycles. The smallest absolute Gasteiger partial charge is 0.247 e. The molecular formula is C10H19NO. The van der Waals surface area contributed by atoms with Crippen LogP contribution in [-0.2, 0) is 4.79 Å². The van der Waals surface area contributed by atoms with Gasteiger partial charge in [-0.3, -0.25) is 4.79 Å². The molecule has 0 aliphatic heterocycles. The van der Waals surface area contributed by atoms with Gasteiger partial charge in [-0.2, -0.15) is 0 Å². The van der Waals surface area contributed by atoms with Gasteiger partial charge in [0, 0.05) is 12.1 Å². The summed E-state index contributed by atoms with van der Waals surface area (Å²) in [6, 6.07) is 0. The second kappa shape index (κ2) is 5.81. The first-order chi connectivity index (χ1) is 5.63. The van der Waals surface area contributed by atoms with Gasteiger partial charge in [-0.1, -0.05) is 26.8 Å². The normalized spacial score (nSPS) is 11.9. The van der Waals surface area contributed by atoms with Crippen LogP contribution in [0.15, 0.2) is 11.6 Å². The molecule has 0 heterocycles. The highest BCUT2D eigenvalue weighted by Crippen LogP contribution is 2.08. The molecule has 0 fully saturated rings. The van der Waals surface area contributed by atoms with Crippen LogP contribution < -0.4 is 5.32 Å². The third-order valence-corrected chi connectivity index (χ3v) is 1.73. The Morgan fingerprint density at radius 2 is 2.08 bits per heavy atom. The van der Waals surface area contributed by atoms with E-state index in [0.29, 0.717) is 5.92 Å². The monoisotopic (exact) mass is 169 g/mol. The minimum absolute atomic E-state index is 0.0781. The zero-order valence-corrected chi connectivity index (χ0v) is 8.48. The molecule has 0 aliphatic rings. The topological polar surface area (TPSA) is 29.1 Å². The summed E-state index contributed by atoms with van der Waals surface area (Å²) in [4.78, 5) is 11.4. The standard InChI is InChI=1S/C10H19NO/c1-5-7-11-10(12)9(6-2)8(3)4/h6,8H,5,7H2,1-4H3,(H,11,12)/b9-6+. The Hall–Kier alpha value is -0.790. The third kappa shape index (κ3) is 3.56.